The molecule has 27 heavy (non-hydrogen) atoms. The largest absolute Gasteiger partial charge is 0.301 e. The Hall–Kier alpha value is -2.56. The zero-order chi connectivity index (χ0) is 18.4. The van der Waals surface area contributed by atoms with Crippen molar-refractivity contribution < 1.29 is 0 Å². The summed E-state index contributed by atoms with van der Waals surface area (Å²) >= 11 is 1.93. The maximum absolute atomic E-state index is 4.32. The van der Waals surface area contributed by atoms with E-state index in [0.29, 0.717) is 5.92 Å². The van der Waals surface area contributed by atoms with E-state index in [1.807, 2.05) is 23.5 Å². The molecule has 5 rings (SSSR count). The molecule has 2 aromatic heterocycles. The highest BCUT2D eigenvalue weighted by Crippen LogP contribution is 2.41. The monoisotopic (exact) mass is 371 g/mol. The average molecular weight is 372 g/mol. The van der Waals surface area contributed by atoms with Crippen LogP contribution in [0.1, 0.15) is 27.5 Å². The highest BCUT2D eigenvalue weighted by atomic mass is 32.1. The second-order valence-electron chi connectivity index (χ2n) is 7.35. The second-order valence-corrected chi connectivity index (χ2v) is 8.47. The highest BCUT2D eigenvalue weighted by Gasteiger charge is 2.28. The Bertz CT molecular complexity index is 1080. The number of fused-ring (bicyclic) bond motifs is 2. The fourth-order valence-electron chi connectivity index (χ4n) is 4.20. The summed E-state index contributed by atoms with van der Waals surface area (Å²) in [5, 5.41) is 9.73. The van der Waals surface area contributed by atoms with Gasteiger partial charge in [-0.05, 0) is 60.3 Å². The molecule has 3 nitrogen and oxygen atoms in total. The molecule has 1 aliphatic rings. The number of hydrogen-bond donors (Lipinski definition) is 0. The van der Waals surface area contributed by atoms with Gasteiger partial charge in [0, 0.05) is 40.3 Å². The van der Waals surface area contributed by atoms with Gasteiger partial charge < -0.3 is 4.90 Å². The third-order valence-electron chi connectivity index (χ3n) is 5.57. The molecular formula is C23H21N3S. The second kappa shape index (κ2) is 6.55. The van der Waals surface area contributed by atoms with Gasteiger partial charge in [-0.3, -0.25) is 0 Å². The van der Waals surface area contributed by atoms with Crippen molar-refractivity contribution in [3.05, 3.63) is 82.4 Å². The van der Waals surface area contributed by atoms with Crippen LogP contribution in [0, 0.1) is 6.92 Å². The van der Waals surface area contributed by atoms with Gasteiger partial charge in [-0.2, -0.15) is 10.2 Å². The summed E-state index contributed by atoms with van der Waals surface area (Å²) in [6.45, 7) is 4.27. The molecule has 0 bridgehead atoms. The topological polar surface area (TPSA) is 29.0 Å². The summed E-state index contributed by atoms with van der Waals surface area (Å²) in [6.07, 6.45) is 1.72. The number of thiophene rings is 1. The maximum Gasteiger partial charge on any atom is 0.0932 e. The van der Waals surface area contributed by atoms with E-state index in [1.165, 1.54) is 37.2 Å². The first-order valence-corrected chi connectivity index (χ1v) is 10.1. The lowest BCUT2D eigenvalue weighted by atomic mass is 9.84. The summed E-state index contributed by atoms with van der Waals surface area (Å²) in [5.41, 5.74) is 6.36. The fourth-order valence-corrected chi connectivity index (χ4v) is 5.37. The zero-order valence-corrected chi connectivity index (χ0v) is 16.3. The summed E-state index contributed by atoms with van der Waals surface area (Å²) in [7, 11) is 2.22. The molecule has 0 spiro atoms. The molecule has 4 heteroatoms. The molecule has 0 radical (unpaired) electrons. The summed E-state index contributed by atoms with van der Waals surface area (Å²) in [5.74, 6) is 0.422. The van der Waals surface area contributed by atoms with Crippen LogP contribution >= 0.6 is 11.3 Å². The van der Waals surface area contributed by atoms with Crippen molar-refractivity contribution in [3.8, 4) is 11.3 Å². The van der Waals surface area contributed by atoms with E-state index in [9.17, 15) is 0 Å². The summed E-state index contributed by atoms with van der Waals surface area (Å²) in [6, 6.07) is 19.6. The van der Waals surface area contributed by atoms with E-state index in [1.54, 1.807) is 6.20 Å². The van der Waals surface area contributed by atoms with Gasteiger partial charge in [-0.25, -0.2) is 0 Å². The molecule has 0 fully saturated rings. The van der Waals surface area contributed by atoms with Crippen LogP contribution in [0.4, 0.5) is 0 Å². The van der Waals surface area contributed by atoms with Crippen molar-refractivity contribution in [1.29, 1.82) is 0 Å². The van der Waals surface area contributed by atoms with E-state index in [2.05, 4.69) is 71.5 Å². The molecule has 0 amide bonds. The van der Waals surface area contributed by atoms with E-state index in [0.717, 1.165) is 18.8 Å². The molecule has 0 N–H and O–H groups in total. The van der Waals surface area contributed by atoms with Crippen molar-refractivity contribution >= 4 is 21.4 Å². The molecule has 3 heterocycles. The Labute approximate surface area is 163 Å². The van der Waals surface area contributed by atoms with Gasteiger partial charge in [0.05, 0.1) is 5.69 Å². The van der Waals surface area contributed by atoms with E-state index < -0.39 is 0 Å². The van der Waals surface area contributed by atoms with Gasteiger partial charge >= 0.3 is 0 Å². The average Bonchev–Trinajstić information content (AvgIpc) is 3.13. The molecule has 1 aliphatic heterocycles. The predicted octanol–water partition coefficient (Wildman–Crippen LogP) is 5.24. The van der Waals surface area contributed by atoms with Crippen molar-refractivity contribution in [2.45, 2.75) is 19.4 Å². The molecule has 0 saturated heterocycles. The lowest BCUT2D eigenvalue weighted by Crippen LogP contribution is -2.31. The first-order chi connectivity index (χ1) is 13.2. The van der Waals surface area contributed by atoms with Crippen LogP contribution in [0.25, 0.3) is 21.3 Å². The fraction of sp³-hybridized carbons (Fsp3) is 0.217. The lowest BCUT2D eigenvalue weighted by molar-refractivity contribution is 0.296. The Morgan fingerprint density at radius 2 is 1.96 bits per heavy atom. The van der Waals surface area contributed by atoms with Crippen LogP contribution in [0.3, 0.4) is 0 Å². The summed E-state index contributed by atoms with van der Waals surface area (Å²) in [4.78, 5) is 3.89. The number of rotatable bonds is 2. The van der Waals surface area contributed by atoms with Gasteiger partial charge in [0.25, 0.3) is 0 Å². The normalized spacial score (nSPS) is 17.2. The molecule has 2 aromatic carbocycles. The maximum atomic E-state index is 4.32. The molecule has 0 saturated carbocycles. The number of aromatic nitrogens is 2. The smallest absolute Gasteiger partial charge is 0.0932 e. The van der Waals surface area contributed by atoms with Gasteiger partial charge in [0.15, 0.2) is 0 Å². The molecular weight excluding hydrogens is 350 g/mol. The van der Waals surface area contributed by atoms with Crippen molar-refractivity contribution in [1.82, 2.24) is 15.1 Å². The van der Waals surface area contributed by atoms with Crippen LogP contribution in [-0.2, 0) is 6.54 Å². The molecule has 1 atom stereocenters. The van der Waals surface area contributed by atoms with E-state index in [-0.39, 0.29) is 0 Å². The van der Waals surface area contributed by atoms with Crippen LogP contribution in [0.5, 0.6) is 0 Å². The van der Waals surface area contributed by atoms with Gasteiger partial charge in [0.2, 0.25) is 0 Å². The van der Waals surface area contributed by atoms with Gasteiger partial charge in [-0.1, -0.05) is 30.3 Å². The standard InChI is InChI=1S/C23H21N3S/c1-15-17(21-7-5-11-24-25-21)9-10-18-19(15)13-26(2)14-20(18)23-12-16-6-3-4-8-22(16)27-23/h3-12,20H,13-14H2,1-2H3. The third kappa shape index (κ3) is 2.85. The Morgan fingerprint density at radius 3 is 2.78 bits per heavy atom. The van der Waals surface area contributed by atoms with Gasteiger partial charge in [-0.15, -0.1) is 11.3 Å². The molecule has 1 unspecified atom stereocenters. The predicted molar refractivity (Wildman–Crippen MR) is 112 cm³/mol. The number of hydrogen-bond acceptors (Lipinski definition) is 4. The van der Waals surface area contributed by atoms with Crippen LogP contribution in [0.2, 0.25) is 0 Å². The molecule has 0 aliphatic carbocycles. The van der Waals surface area contributed by atoms with Crippen molar-refractivity contribution in [2.75, 3.05) is 13.6 Å². The SMILES string of the molecule is Cc1c(-c2cccnn2)ccc2c1CN(C)CC2c1cc2ccccc2s1. The van der Waals surface area contributed by atoms with Crippen molar-refractivity contribution in [3.63, 3.8) is 0 Å². The van der Waals surface area contributed by atoms with Crippen LogP contribution in [0.15, 0.2) is 60.8 Å². The minimum Gasteiger partial charge on any atom is -0.301 e. The Balaban J connectivity index is 1.64. The van der Waals surface area contributed by atoms with E-state index in [4.69, 9.17) is 0 Å². The minimum absolute atomic E-state index is 0.422. The summed E-state index contributed by atoms with van der Waals surface area (Å²) < 4.78 is 1.37. The Kier molecular flexibility index (Phi) is 4.03. The van der Waals surface area contributed by atoms with E-state index >= 15 is 0 Å². The minimum atomic E-state index is 0.422. The zero-order valence-electron chi connectivity index (χ0n) is 15.5. The first-order valence-electron chi connectivity index (χ1n) is 9.28. The molecule has 134 valence electrons. The highest BCUT2D eigenvalue weighted by molar-refractivity contribution is 7.19. The number of nitrogens with zero attached hydrogens (tertiary/aromatic N) is 3. The van der Waals surface area contributed by atoms with Crippen LogP contribution in [-0.4, -0.2) is 28.7 Å². The Morgan fingerprint density at radius 1 is 1.07 bits per heavy atom. The number of likely N-dealkylation sites (N-methyl/N-ethyl adjacent to an activating group) is 1. The third-order valence-corrected chi connectivity index (χ3v) is 6.80. The van der Waals surface area contributed by atoms with Crippen LogP contribution < -0.4 is 0 Å². The first kappa shape index (κ1) is 16.6. The quantitative estimate of drug-likeness (QED) is 0.482. The lowest BCUT2D eigenvalue weighted by Gasteiger charge is -2.33. The molecule has 4 aromatic rings. The van der Waals surface area contributed by atoms with Crippen molar-refractivity contribution in [2.24, 2.45) is 0 Å². The number of benzene rings is 2. The van der Waals surface area contributed by atoms with Gasteiger partial charge in [0.1, 0.15) is 0 Å².